The normalized spacial score (nSPS) is 12.2. The average Bonchev–Trinajstić information content (AvgIpc) is 2.03. The standard InChI is InChI=1S/C9H11IN2O/c1-6(12-7(2)13)9-8(10)4-3-5-11-9/h3-6H,1-2H3,(H,12,13). The first-order chi connectivity index (χ1) is 6.11. The molecule has 0 spiro atoms. The summed E-state index contributed by atoms with van der Waals surface area (Å²) in [5, 5.41) is 2.79. The summed E-state index contributed by atoms with van der Waals surface area (Å²) in [6.45, 7) is 3.43. The summed E-state index contributed by atoms with van der Waals surface area (Å²) in [6, 6.07) is 3.83. The summed E-state index contributed by atoms with van der Waals surface area (Å²) >= 11 is 2.21. The molecule has 1 atom stereocenters. The Kier molecular flexibility index (Phi) is 3.65. The zero-order valence-corrected chi connectivity index (χ0v) is 9.70. The van der Waals surface area contributed by atoms with E-state index < -0.39 is 0 Å². The predicted octanol–water partition coefficient (Wildman–Crippen LogP) is 1.88. The van der Waals surface area contributed by atoms with Gasteiger partial charge in [0.05, 0.1) is 11.7 Å². The Morgan fingerprint density at radius 3 is 2.92 bits per heavy atom. The Balaban J connectivity index is 2.82. The lowest BCUT2D eigenvalue weighted by Gasteiger charge is -2.12. The Bertz CT molecular complexity index is 314. The molecule has 0 aliphatic carbocycles. The van der Waals surface area contributed by atoms with Crippen LogP contribution in [0.2, 0.25) is 0 Å². The lowest BCUT2D eigenvalue weighted by molar-refractivity contribution is -0.119. The van der Waals surface area contributed by atoms with Crippen molar-refractivity contribution in [2.75, 3.05) is 0 Å². The smallest absolute Gasteiger partial charge is 0.217 e. The number of carbonyl (C=O) groups excluding carboxylic acids is 1. The van der Waals surface area contributed by atoms with Crippen LogP contribution in [0.15, 0.2) is 18.3 Å². The molecule has 70 valence electrons. The van der Waals surface area contributed by atoms with Crippen molar-refractivity contribution >= 4 is 28.5 Å². The van der Waals surface area contributed by atoms with E-state index in [-0.39, 0.29) is 11.9 Å². The molecule has 1 aromatic rings. The van der Waals surface area contributed by atoms with Gasteiger partial charge in [0, 0.05) is 16.7 Å². The van der Waals surface area contributed by atoms with E-state index in [9.17, 15) is 4.79 Å². The van der Waals surface area contributed by atoms with E-state index in [0.717, 1.165) is 9.26 Å². The first kappa shape index (κ1) is 10.4. The van der Waals surface area contributed by atoms with Crippen molar-refractivity contribution in [3.8, 4) is 0 Å². The fourth-order valence-electron chi connectivity index (χ4n) is 1.09. The Labute approximate surface area is 91.1 Å². The van der Waals surface area contributed by atoms with Gasteiger partial charge in [-0.1, -0.05) is 0 Å². The molecule has 4 heteroatoms. The predicted molar refractivity (Wildman–Crippen MR) is 59.2 cm³/mol. The SMILES string of the molecule is CC(=O)NC(C)c1ncccc1I. The highest BCUT2D eigenvalue weighted by molar-refractivity contribution is 14.1. The number of aromatic nitrogens is 1. The molecule has 1 heterocycles. The van der Waals surface area contributed by atoms with Crippen LogP contribution >= 0.6 is 22.6 Å². The summed E-state index contributed by atoms with van der Waals surface area (Å²) in [4.78, 5) is 15.0. The molecule has 0 bridgehead atoms. The topological polar surface area (TPSA) is 42.0 Å². The Morgan fingerprint density at radius 1 is 1.69 bits per heavy atom. The van der Waals surface area contributed by atoms with Crippen molar-refractivity contribution in [3.05, 3.63) is 27.6 Å². The molecule has 0 radical (unpaired) electrons. The number of nitrogens with zero attached hydrogens (tertiary/aromatic N) is 1. The van der Waals surface area contributed by atoms with Gasteiger partial charge in [0.2, 0.25) is 5.91 Å². The molecule has 3 nitrogen and oxygen atoms in total. The van der Waals surface area contributed by atoms with Crippen molar-refractivity contribution in [3.63, 3.8) is 0 Å². The van der Waals surface area contributed by atoms with Crippen molar-refractivity contribution in [1.29, 1.82) is 0 Å². The van der Waals surface area contributed by atoms with Crippen LogP contribution in [0.1, 0.15) is 25.6 Å². The van der Waals surface area contributed by atoms with E-state index in [0.29, 0.717) is 0 Å². The summed E-state index contributed by atoms with van der Waals surface area (Å²) < 4.78 is 1.07. The second kappa shape index (κ2) is 4.55. The molecule has 1 N–H and O–H groups in total. The number of carbonyl (C=O) groups is 1. The summed E-state index contributed by atoms with van der Waals surface area (Å²) in [5.41, 5.74) is 0.915. The van der Waals surface area contributed by atoms with E-state index >= 15 is 0 Å². The third kappa shape index (κ3) is 2.95. The third-order valence-corrected chi connectivity index (χ3v) is 2.53. The molecule has 0 aliphatic heterocycles. The van der Waals surface area contributed by atoms with Gasteiger partial charge in [-0.25, -0.2) is 0 Å². The fourth-order valence-corrected chi connectivity index (χ4v) is 1.90. The van der Waals surface area contributed by atoms with Crippen LogP contribution in [0.25, 0.3) is 0 Å². The average molecular weight is 290 g/mol. The van der Waals surface area contributed by atoms with Gasteiger partial charge in [0.25, 0.3) is 0 Å². The highest BCUT2D eigenvalue weighted by Gasteiger charge is 2.10. The van der Waals surface area contributed by atoms with Crippen molar-refractivity contribution in [1.82, 2.24) is 10.3 Å². The molecule has 1 rings (SSSR count). The molecule has 0 aromatic carbocycles. The Hall–Kier alpha value is -0.650. The van der Waals surface area contributed by atoms with E-state index in [1.807, 2.05) is 19.1 Å². The molecule has 1 aromatic heterocycles. The monoisotopic (exact) mass is 290 g/mol. The highest BCUT2D eigenvalue weighted by Crippen LogP contribution is 2.16. The van der Waals surface area contributed by atoms with Crippen molar-refractivity contribution < 1.29 is 4.79 Å². The van der Waals surface area contributed by atoms with Crippen LogP contribution in [0.4, 0.5) is 0 Å². The zero-order valence-electron chi connectivity index (χ0n) is 7.54. The quantitative estimate of drug-likeness (QED) is 0.845. The minimum atomic E-state index is -0.0334. The molecule has 13 heavy (non-hydrogen) atoms. The van der Waals surface area contributed by atoms with Gasteiger partial charge >= 0.3 is 0 Å². The van der Waals surface area contributed by atoms with E-state index in [4.69, 9.17) is 0 Å². The molecule has 1 amide bonds. The molecule has 0 aliphatic rings. The van der Waals surface area contributed by atoms with Crippen LogP contribution in [0, 0.1) is 3.57 Å². The van der Waals surface area contributed by atoms with Gasteiger partial charge in [0.1, 0.15) is 0 Å². The number of hydrogen-bond acceptors (Lipinski definition) is 2. The minimum Gasteiger partial charge on any atom is -0.348 e. The fraction of sp³-hybridized carbons (Fsp3) is 0.333. The molecule has 0 fully saturated rings. The maximum absolute atomic E-state index is 10.8. The van der Waals surface area contributed by atoms with E-state index in [1.54, 1.807) is 6.20 Å². The summed E-state index contributed by atoms with van der Waals surface area (Å²) in [7, 11) is 0. The summed E-state index contributed by atoms with van der Waals surface area (Å²) in [5.74, 6) is -0.0334. The molecule has 1 unspecified atom stereocenters. The van der Waals surface area contributed by atoms with Gasteiger partial charge in [-0.05, 0) is 41.6 Å². The van der Waals surface area contributed by atoms with Gasteiger partial charge in [-0.15, -0.1) is 0 Å². The number of halogens is 1. The molecular weight excluding hydrogens is 279 g/mol. The third-order valence-electron chi connectivity index (χ3n) is 1.62. The largest absolute Gasteiger partial charge is 0.348 e. The minimum absolute atomic E-state index is 0.0226. The lowest BCUT2D eigenvalue weighted by Crippen LogP contribution is -2.24. The number of rotatable bonds is 2. The number of hydrogen-bond donors (Lipinski definition) is 1. The lowest BCUT2D eigenvalue weighted by atomic mass is 10.2. The molecule has 0 saturated carbocycles. The number of pyridine rings is 1. The summed E-state index contributed by atoms with van der Waals surface area (Å²) in [6.07, 6.45) is 1.73. The molecular formula is C9H11IN2O. The van der Waals surface area contributed by atoms with Gasteiger partial charge in [-0.2, -0.15) is 0 Å². The first-order valence-electron chi connectivity index (χ1n) is 3.98. The van der Waals surface area contributed by atoms with Crippen LogP contribution in [-0.4, -0.2) is 10.9 Å². The maximum Gasteiger partial charge on any atom is 0.217 e. The van der Waals surface area contributed by atoms with Crippen molar-refractivity contribution in [2.45, 2.75) is 19.9 Å². The van der Waals surface area contributed by atoms with Gasteiger partial charge < -0.3 is 5.32 Å². The second-order valence-corrected chi connectivity index (χ2v) is 3.95. The maximum atomic E-state index is 10.8. The zero-order chi connectivity index (χ0) is 9.84. The van der Waals surface area contributed by atoms with Crippen molar-refractivity contribution in [2.24, 2.45) is 0 Å². The number of amides is 1. The first-order valence-corrected chi connectivity index (χ1v) is 5.06. The highest BCUT2D eigenvalue weighted by atomic mass is 127. The second-order valence-electron chi connectivity index (χ2n) is 2.79. The van der Waals surface area contributed by atoms with Gasteiger partial charge in [0.15, 0.2) is 0 Å². The number of nitrogens with one attached hydrogen (secondary N) is 1. The Morgan fingerprint density at radius 2 is 2.38 bits per heavy atom. The van der Waals surface area contributed by atoms with Crippen LogP contribution in [0.3, 0.4) is 0 Å². The van der Waals surface area contributed by atoms with Gasteiger partial charge in [-0.3, -0.25) is 9.78 Å². The van der Waals surface area contributed by atoms with Crippen LogP contribution in [0.5, 0.6) is 0 Å². The van der Waals surface area contributed by atoms with Crippen LogP contribution in [-0.2, 0) is 4.79 Å². The van der Waals surface area contributed by atoms with Crippen LogP contribution < -0.4 is 5.32 Å². The van der Waals surface area contributed by atoms with E-state index in [2.05, 4.69) is 32.9 Å². The molecule has 0 saturated heterocycles. The van der Waals surface area contributed by atoms with E-state index in [1.165, 1.54) is 6.92 Å².